The van der Waals surface area contributed by atoms with Gasteiger partial charge in [0.2, 0.25) is 0 Å². The Hall–Kier alpha value is -1.84. The maximum absolute atomic E-state index is 11.8. The van der Waals surface area contributed by atoms with E-state index < -0.39 is 6.10 Å². The topological polar surface area (TPSA) is 55.4 Å². The highest BCUT2D eigenvalue weighted by Crippen LogP contribution is 2.14. The van der Waals surface area contributed by atoms with E-state index >= 15 is 0 Å². The molecule has 2 atom stereocenters. The summed E-state index contributed by atoms with van der Waals surface area (Å²) in [7, 11) is 0. The molecule has 0 aliphatic carbocycles. The normalized spacial score (nSPS) is 13.5. The predicted molar refractivity (Wildman–Crippen MR) is 74.4 cm³/mol. The van der Waals surface area contributed by atoms with E-state index in [1.165, 1.54) is 6.92 Å². The maximum Gasteiger partial charge on any atom is 0.260 e. The Morgan fingerprint density at radius 1 is 1.21 bits per heavy atom. The van der Waals surface area contributed by atoms with E-state index in [4.69, 9.17) is 4.74 Å². The van der Waals surface area contributed by atoms with Crippen LogP contribution in [0, 0.1) is 0 Å². The molecular weight excluding hydrogens is 242 g/mol. The summed E-state index contributed by atoms with van der Waals surface area (Å²) in [5.74, 6) is 0.455. The lowest BCUT2D eigenvalue weighted by atomic mass is 10.1. The highest BCUT2D eigenvalue weighted by molar-refractivity contribution is 5.94. The molecule has 0 fully saturated rings. The summed E-state index contributed by atoms with van der Waals surface area (Å²) in [6, 6.07) is 6.92. The van der Waals surface area contributed by atoms with Crippen LogP contribution in [0.4, 0.5) is 0 Å². The van der Waals surface area contributed by atoms with Gasteiger partial charge in [-0.05, 0) is 51.5 Å². The fourth-order valence-corrected chi connectivity index (χ4v) is 1.49. The van der Waals surface area contributed by atoms with Crippen molar-refractivity contribution in [3.63, 3.8) is 0 Å². The van der Waals surface area contributed by atoms with Gasteiger partial charge in [-0.25, -0.2) is 0 Å². The molecule has 1 aromatic rings. The number of hydrogen-bond acceptors (Lipinski definition) is 3. The van der Waals surface area contributed by atoms with Crippen LogP contribution in [0.15, 0.2) is 24.3 Å². The third-order valence-corrected chi connectivity index (χ3v) is 2.94. The van der Waals surface area contributed by atoms with Crippen molar-refractivity contribution in [1.82, 2.24) is 5.32 Å². The van der Waals surface area contributed by atoms with Crippen LogP contribution >= 0.6 is 0 Å². The molecule has 19 heavy (non-hydrogen) atoms. The highest BCUT2D eigenvalue weighted by Gasteiger charge is 2.16. The smallest absolute Gasteiger partial charge is 0.260 e. The maximum atomic E-state index is 11.8. The number of ketones is 1. The van der Waals surface area contributed by atoms with Crippen LogP contribution in [0.2, 0.25) is 0 Å². The molecule has 0 aliphatic heterocycles. The standard InChI is InChI=1S/C15H21NO3/c1-5-10(2)16-15(18)12(4)19-14-8-6-13(7-9-14)11(3)17/h6-10,12H,5H2,1-4H3,(H,16,18). The number of carbonyl (C=O) groups excluding carboxylic acids is 2. The largest absolute Gasteiger partial charge is 0.481 e. The number of Topliss-reactive ketones (excluding diaryl/α,β-unsaturated/α-hetero) is 1. The summed E-state index contributed by atoms with van der Waals surface area (Å²) in [5.41, 5.74) is 0.629. The van der Waals surface area contributed by atoms with Crippen molar-refractivity contribution in [2.24, 2.45) is 0 Å². The lowest BCUT2D eigenvalue weighted by Crippen LogP contribution is -2.40. The molecule has 0 spiro atoms. The second kappa shape index (κ2) is 6.92. The van der Waals surface area contributed by atoms with Gasteiger partial charge < -0.3 is 10.1 Å². The highest BCUT2D eigenvalue weighted by atomic mass is 16.5. The van der Waals surface area contributed by atoms with E-state index in [0.29, 0.717) is 11.3 Å². The van der Waals surface area contributed by atoms with Crippen molar-refractivity contribution >= 4 is 11.7 Å². The molecule has 1 N–H and O–H groups in total. The quantitative estimate of drug-likeness (QED) is 0.802. The molecule has 0 radical (unpaired) electrons. The van der Waals surface area contributed by atoms with E-state index in [1.54, 1.807) is 31.2 Å². The average molecular weight is 263 g/mol. The van der Waals surface area contributed by atoms with Crippen LogP contribution in [0.3, 0.4) is 0 Å². The predicted octanol–water partition coefficient (Wildman–Crippen LogP) is 2.57. The first kappa shape index (κ1) is 15.2. The molecule has 2 unspecified atom stereocenters. The van der Waals surface area contributed by atoms with Crippen molar-refractivity contribution in [3.8, 4) is 5.75 Å². The average Bonchev–Trinajstić information content (AvgIpc) is 2.38. The first-order valence-electron chi connectivity index (χ1n) is 6.52. The molecule has 4 nitrogen and oxygen atoms in total. The first-order chi connectivity index (χ1) is 8.93. The minimum Gasteiger partial charge on any atom is -0.481 e. The third-order valence-electron chi connectivity index (χ3n) is 2.94. The van der Waals surface area contributed by atoms with Gasteiger partial charge >= 0.3 is 0 Å². The Labute approximate surface area is 114 Å². The number of amides is 1. The van der Waals surface area contributed by atoms with E-state index in [-0.39, 0.29) is 17.7 Å². The lowest BCUT2D eigenvalue weighted by Gasteiger charge is -2.17. The Morgan fingerprint density at radius 2 is 1.79 bits per heavy atom. The number of benzene rings is 1. The summed E-state index contributed by atoms with van der Waals surface area (Å²) in [5, 5.41) is 2.86. The van der Waals surface area contributed by atoms with Gasteiger partial charge in [0.15, 0.2) is 11.9 Å². The molecule has 0 heterocycles. The number of nitrogens with one attached hydrogen (secondary N) is 1. The lowest BCUT2D eigenvalue weighted by molar-refractivity contribution is -0.127. The molecule has 0 saturated carbocycles. The Bertz CT molecular complexity index is 439. The summed E-state index contributed by atoms with van der Waals surface area (Å²) in [6.45, 7) is 7.18. The number of ether oxygens (including phenoxy) is 1. The van der Waals surface area contributed by atoms with E-state index in [0.717, 1.165) is 6.42 Å². The molecule has 1 aromatic carbocycles. The fourth-order valence-electron chi connectivity index (χ4n) is 1.49. The molecule has 1 rings (SSSR count). The Balaban J connectivity index is 2.58. The van der Waals surface area contributed by atoms with Crippen LogP contribution in [-0.2, 0) is 4.79 Å². The molecule has 0 bridgehead atoms. The molecule has 0 aromatic heterocycles. The van der Waals surface area contributed by atoms with Crippen molar-refractivity contribution in [1.29, 1.82) is 0 Å². The Kier molecular flexibility index (Phi) is 5.55. The molecular formula is C15H21NO3. The van der Waals surface area contributed by atoms with Crippen LogP contribution in [-0.4, -0.2) is 23.8 Å². The van der Waals surface area contributed by atoms with Gasteiger partial charge in [0, 0.05) is 11.6 Å². The molecule has 1 amide bonds. The number of rotatable bonds is 6. The van der Waals surface area contributed by atoms with Gasteiger partial charge in [-0.15, -0.1) is 0 Å². The second-order valence-electron chi connectivity index (χ2n) is 4.66. The van der Waals surface area contributed by atoms with Gasteiger partial charge in [0.1, 0.15) is 5.75 Å². The zero-order chi connectivity index (χ0) is 14.4. The van der Waals surface area contributed by atoms with Crippen LogP contribution in [0.5, 0.6) is 5.75 Å². The van der Waals surface area contributed by atoms with E-state index in [9.17, 15) is 9.59 Å². The van der Waals surface area contributed by atoms with E-state index in [1.807, 2.05) is 13.8 Å². The van der Waals surface area contributed by atoms with Gasteiger partial charge in [-0.2, -0.15) is 0 Å². The van der Waals surface area contributed by atoms with Gasteiger partial charge in [0.25, 0.3) is 5.91 Å². The number of carbonyl (C=O) groups is 2. The van der Waals surface area contributed by atoms with Crippen molar-refractivity contribution in [2.75, 3.05) is 0 Å². The van der Waals surface area contributed by atoms with Crippen molar-refractivity contribution in [3.05, 3.63) is 29.8 Å². The minimum absolute atomic E-state index is 0.00844. The number of hydrogen-bond donors (Lipinski definition) is 1. The summed E-state index contributed by atoms with van der Waals surface area (Å²) >= 11 is 0. The zero-order valence-electron chi connectivity index (χ0n) is 11.9. The van der Waals surface area contributed by atoms with Gasteiger partial charge in [0.05, 0.1) is 0 Å². The van der Waals surface area contributed by atoms with Crippen LogP contribution < -0.4 is 10.1 Å². The second-order valence-corrected chi connectivity index (χ2v) is 4.66. The Morgan fingerprint density at radius 3 is 2.26 bits per heavy atom. The third kappa shape index (κ3) is 4.73. The van der Waals surface area contributed by atoms with Crippen LogP contribution in [0.1, 0.15) is 44.5 Å². The summed E-state index contributed by atoms with van der Waals surface area (Å²) in [6.07, 6.45) is 0.323. The molecule has 104 valence electrons. The monoisotopic (exact) mass is 263 g/mol. The molecule has 0 aliphatic rings. The van der Waals surface area contributed by atoms with Gasteiger partial charge in [-0.3, -0.25) is 9.59 Å². The molecule has 4 heteroatoms. The summed E-state index contributed by atoms with van der Waals surface area (Å²) < 4.78 is 5.53. The summed E-state index contributed by atoms with van der Waals surface area (Å²) in [4.78, 5) is 22.9. The van der Waals surface area contributed by atoms with E-state index in [2.05, 4.69) is 5.32 Å². The molecule has 0 saturated heterocycles. The minimum atomic E-state index is -0.558. The SMILES string of the molecule is CCC(C)NC(=O)C(C)Oc1ccc(C(C)=O)cc1. The van der Waals surface area contributed by atoms with Crippen molar-refractivity contribution in [2.45, 2.75) is 46.3 Å². The zero-order valence-corrected chi connectivity index (χ0v) is 11.9. The van der Waals surface area contributed by atoms with Crippen molar-refractivity contribution < 1.29 is 14.3 Å². The fraction of sp³-hybridized carbons (Fsp3) is 0.467. The van der Waals surface area contributed by atoms with Crippen LogP contribution in [0.25, 0.3) is 0 Å². The van der Waals surface area contributed by atoms with Gasteiger partial charge in [-0.1, -0.05) is 6.92 Å². The first-order valence-corrected chi connectivity index (χ1v) is 6.52.